The van der Waals surface area contributed by atoms with E-state index >= 15 is 0 Å². The van der Waals surface area contributed by atoms with Crippen molar-refractivity contribution in [1.82, 2.24) is 0 Å². The molecule has 0 N–H and O–H groups in total. The van der Waals surface area contributed by atoms with Gasteiger partial charge in [-0.15, -0.1) is 0 Å². The van der Waals surface area contributed by atoms with Gasteiger partial charge < -0.3 is 16.8 Å². The molecular formula is CCl2MnO5S2. The molecule has 0 bridgehead atoms. The molecule has 11 heavy (non-hydrogen) atoms. The zero-order valence-corrected chi connectivity index (χ0v) is 8.82. The largest absolute Gasteiger partial charge is 2.00 e. The van der Waals surface area contributed by atoms with Gasteiger partial charge in [0, 0.05) is 19.8 Å². The van der Waals surface area contributed by atoms with Gasteiger partial charge in [-0.25, -0.2) is 0 Å². The summed E-state index contributed by atoms with van der Waals surface area (Å²) in [6.45, 7) is 4.50. The molecule has 0 aromatic carbocycles. The van der Waals surface area contributed by atoms with Gasteiger partial charge in [-0.05, 0) is 0 Å². The first-order valence-corrected chi connectivity index (χ1v) is 4.98. The van der Waals surface area contributed by atoms with Crippen LogP contribution in [-0.4, -0.2) is 6.79 Å². The van der Waals surface area contributed by atoms with Crippen molar-refractivity contribution >= 4 is 48.0 Å². The molecule has 0 aliphatic heterocycles. The number of hydrogen-bond donors (Lipinski definition) is 0. The van der Waals surface area contributed by atoms with Crippen LogP contribution >= 0.6 is 21.4 Å². The van der Waals surface area contributed by atoms with Crippen LogP contribution < -0.4 is 0 Å². The molecule has 0 fully saturated rings. The van der Waals surface area contributed by atoms with Gasteiger partial charge in [0.15, 0.2) is 0 Å². The Hall–Kier alpha value is 0.669. The van der Waals surface area contributed by atoms with Crippen molar-refractivity contribution in [2.24, 2.45) is 0 Å². The molecule has 0 aliphatic carbocycles. The first-order valence-electron chi connectivity index (χ1n) is 1.18. The third kappa shape index (κ3) is 1790. The molecule has 67 valence electrons. The Morgan fingerprint density at radius 3 is 0.818 bits per heavy atom. The zero-order valence-electron chi connectivity index (χ0n) is 4.49. The van der Waals surface area contributed by atoms with Gasteiger partial charge in [-0.2, -0.15) is 21.4 Å². The Kier molecular flexibility index (Phi) is 46.0. The molecule has 0 saturated heterocycles. The molecule has 5 nitrogen and oxygen atoms in total. The molecule has 0 aliphatic rings. The Labute approximate surface area is 86.4 Å². The number of halogens is 2. The SMILES string of the molecule is O=[S-](=O)Cl.O=[S-](=O)Cl.[C]=O.[Mn+2]. The summed E-state index contributed by atoms with van der Waals surface area (Å²) >= 11 is 0. The Morgan fingerprint density at radius 1 is 0.818 bits per heavy atom. The minimum atomic E-state index is -2.39. The average molecular weight is 282 g/mol. The fraction of sp³-hybridized carbons (Fsp3) is 0. The molecule has 0 unspecified atom stereocenters. The van der Waals surface area contributed by atoms with Gasteiger partial charge in [0.1, 0.15) is 0 Å². The normalized spacial score (nSPS) is 6.55. The van der Waals surface area contributed by atoms with Gasteiger partial charge in [0.25, 0.3) is 6.79 Å². The topological polar surface area (TPSA) is 85.3 Å². The van der Waals surface area contributed by atoms with E-state index in [1.807, 2.05) is 0 Å². The van der Waals surface area contributed by atoms with Crippen LogP contribution in [0.1, 0.15) is 0 Å². The van der Waals surface area contributed by atoms with E-state index in [2.05, 4.69) is 28.2 Å². The van der Waals surface area contributed by atoms with E-state index < -0.39 is 19.8 Å². The zero-order chi connectivity index (χ0) is 9.15. The molecule has 0 atom stereocenters. The summed E-state index contributed by atoms with van der Waals surface area (Å²) in [5.74, 6) is 0. The summed E-state index contributed by atoms with van der Waals surface area (Å²) in [6, 6.07) is 0. The summed E-state index contributed by atoms with van der Waals surface area (Å²) in [5.41, 5.74) is 0. The molecule has 10 heteroatoms. The van der Waals surface area contributed by atoms with Crippen molar-refractivity contribution in [1.29, 1.82) is 0 Å². The van der Waals surface area contributed by atoms with Crippen LogP contribution in [0, 0.1) is 0 Å². The van der Waals surface area contributed by atoms with Crippen LogP contribution in [0.25, 0.3) is 0 Å². The van der Waals surface area contributed by atoms with Crippen molar-refractivity contribution in [3.63, 3.8) is 0 Å². The maximum Gasteiger partial charge on any atom is 2.00 e. The quantitative estimate of drug-likeness (QED) is 0.367. The minimum Gasteiger partial charge on any atom is -0.409 e. The van der Waals surface area contributed by atoms with Crippen LogP contribution in [0.5, 0.6) is 0 Å². The minimum absolute atomic E-state index is 0. The van der Waals surface area contributed by atoms with E-state index in [4.69, 9.17) is 21.6 Å². The third-order valence-electron chi connectivity index (χ3n) is 0. The van der Waals surface area contributed by atoms with E-state index in [9.17, 15) is 0 Å². The molecule has 0 amide bonds. The molecular weight excluding hydrogens is 282 g/mol. The molecule has 0 rings (SSSR count). The first-order chi connectivity index (χ1) is 4.46. The fourth-order valence-corrected chi connectivity index (χ4v) is 0. The number of carbonyl (C=O) groups excluding carboxylic acids is 1. The Bertz CT molecular complexity index is 151. The van der Waals surface area contributed by atoms with E-state index in [1.54, 1.807) is 0 Å². The first kappa shape index (κ1) is 22.6. The van der Waals surface area contributed by atoms with Crippen LogP contribution in [0.15, 0.2) is 0 Å². The maximum absolute atomic E-state index is 8.77. The van der Waals surface area contributed by atoms with Gasteiger partial charge in [0.05, 0.1) is 0 Å². The maximum atomic E-state index is 8.77. The van der Waals surface area contributed by atoms with Crippen LogP contribution in [0.4, 0.5) is 0 Å². The number of hydrogen-bond acceptors (Lipinski definition) is 7. The van der Waals surface area contributed by atoms with Crippen molar-refractivity contribution in [3.05, 3.63) is 0 Å². The second kappa shape index (κ2) is 22.4. The van der Waals surface area contributed by atoms with Gasteiger partial charge in [-0.3, -0.25) is 4.79 Å². The van der Waals surface area contributed by atoms with Crippen LogP contribution in [0.2, 0.25) is 0 Å². The van der Waals surface area contributed by atoms with Crippen molar-refractivity contribution in [2.75, 3.05) is 0 Å². The number of rotatable bonds is 0. The van der Waals surface area contributed by atoms with E-state index in [1.165, 1.54) is 0 Å². The molecule has 0 heterocycles. The second-order valence-electron chi connectivity index (χ2n) is 0.388. The summed E-state index contributed by atoms with van der Waals surface area (Å²) in [7, 11) is 3.60. The predicted molar refractivity (Wildman–Crippen MR) is 34.9 cm³/mol. The summed E-state index contributed by atoms with van der Waals surface area (Å²) in [6.07, 6.45) is 0. The third-order valence-corrected chi connectivity index (χ3v) is 0. The molecule has 0 saturated carbocycles. The predicted octanol–water partition coefficient (Wildman–Crippen LogP) is 0.499. The van der Waals surface area contributed by atoms with E-state index in [-0.39, 0.29) is 17.1 Å². The van der Waals surface area contributed by atoms with Crippen LogP contribution in [-0.2, 0) is 58.5 Å². The molecule has 0 aromatic rings. The molecule has 3 radical (unpaired) electrons. The van der Waals surface area contributed by atoms with Gasteiger partial charge in [-0.1, -0.05) is 0 Å². The van der Waals surface area contributed by atoms with E-state index in [0.29, 0.717) is 0 Å². The fourth-order valence-electron chi connectivity index (χ4n) is 0. The van der Waals surface area contributed by atoms with Gasteiger partial charge >= 0.3 is 17.1 Å². The molecule has 0 aromatic heterocycles. The smallest absolute Gasteiger partial charge is 0.409 e. The van der Waals surface area contributed by atoms with Crippen molar-refractivity contribution < 1.29 is 38.7 Å². The standard InChI is InChI=1S/CO.2ClO2S.Mn/c1-2;2*1-4(2)3;/q;2*-1;+2. The Morgan fingerprint density at radius 2 is 0.818 bits per heavy atom. The summed E-state index contributed by atoms with van der Waals surface area (Å²) in [4.78, 5) is 7.50. The van der Waals surface area contributed by atoms with Crippen molar-refractivity contribution in [2.45, 2.75) is 0 Å². The Balaban J connectivity index is -0.0000000339. The van der Waals surface area contributed by atoms with Crippen LogP contribution in [0.3, 0.4) is 0 Å². The second-order valence-corrected chi connectivity index (χ2v) is 2.68. The average Bonchev–Trinajstić information content (AvgIpc) is 1.66. The molecule has 0 spiro atoms. The monoisotopic (exact) mass is 281 g/mol. The van der Waals surface area contributed by atoms with Gasteiger partial charge in [0.2, 0.25) is 0 Å². The summed E-state index contributed by atoms with van der Waals surface area (Å²) < 4.78 is 35.1. The van der Waals surface area contributed by atoms with E-state index in [0.717, 1.165) is 0 Å². The summed E-state index contributed by atoms with van der Waals surface area (Å²) in [5, 5.41) is 0. The van der Waals surface area contributed by atoms with Crippen molar-refractivity contribution in [3.8, 4) is 0 Å².